The number of rotatable bonds is 9. The maximum Gasteiger partial charge on any atom is 0.0670 e. The van der Waals surface area contributed by atoms with Gasteiger partial charge in [0.25, 0.3) is 0 Å². The average Bonchev–Trinajstić information content (AvgIpc) is 2.46. The highest BCUT2D eigenvalue weighted by atomic mass is 16.5. The Labute approximate surface area is 117 Å². The lowest BCUT2D eigenvalue weighted by molar-refractivity contribution is 0.0802. The number of benzene rings is 1. The van der Waals surface area contributed by atoms with Gasteiger partial charge in [0.05, 0.1) is 6.10 Å². The summed E-state index contributed by atoms with van der Waals surface area (Å²) in [4.78, 5) is 2.39. The molecule has 0 amide bonds. The van der Waals surface area contributed by atoms with E-state index in [1.165, 1.54) is 0 Å². The predicted molar refractivity (Wildman–Crippen MR) is 83.1 cm³/mol. The van der Waals surface area contributed by atoms with Crippen molar-refractivity contribution in [3.8, 4) is 0 Å². The summed E-state index contributed by atoms with van der Waals surface area (Å²) in [7, 11) is 3.69. The minimum atomic E-state index is 0.287. The number of likely N-dealkylation sites (N-methyl/N-ethyl adjacent to an activating group) is 1. The highest BCUT2D eigenvalue weighted by Gasteiger charge is 2.07. The van der Waals surface area contributed by atoms with Gasteiger partial charge in [-0.3, -0.25) is 4.90 Å². The van der Waals surface area contributed by atoms with Crippen LogP contribution in [0.5, 0.6) is 0 Å². The van der Waals surface area contributed by atoms with Gasteiger partial charge in [0, 0.05) is 45.2 Å². The Balaban J connectivity index is 2.30. The lowest BCUT2D eigenvalue weighted by atomic mass is 10.3. The quantitative estimate of drug-likeness (QED) is 0.719. The van der Waals surface area contributed by atoms with Gasteiger partial charge in [-0.2, -0.15) is 0 Å². The first-order chi connectivity index (χ1) is 9.19. The molecular formula is C15H27N3O. The van der Waals surface area contributed by atoms with E-state index in [0.29, 0.717) is 0 Å². The number of methoxy groups -OCH3 is 1. The fraction of sp³-hybridized carbons (Fsp3) is 0.600. The first kappa shape index (κ1) is 15.8. The molecule has 1 unspecified atom stereocenters. The molecule has 0 bridgehead atoms. The van der Waals surface area contributed by atoms with Crippen LogP contribution >= 0.6 is 0 Å². The summed E-state index contributed by atoms with van der Waals surface area (Å²) >= 11 is 0. The fourth-order valence-corrected chi connectivity index (χ4v) is 1.93. The molecule has 1 aromatic rings. The van der Waals surface area contributed by atoms with Crippen molar-refractivity contribution in [1.82, 2.24) is 4.90 Å². The number of hydrogen-bond acceptors (Lipinski definition) is 4. The molecule has 0 saturated heterocycles. The summed E-state index contributed by atoms with van der Waals surface area (Å²) in [6, 6.07) is 8.35. The summed E-state index contributed by atoms with van der Waals surface area (Å²) in [5.74, 6) is 0. The summed E-state index contributed by atoms with van der Waals surface area (Å²) in [6.45, 7) is 8.29. The largest absolute Gasteiger partial charge is 0.388 e. The van der Waals surface area contributed by atoms with E-state index < -0.39 is 0 Å². The van der Waals surface area contributed by atoms with Crippen LogP contribution in [0.3, 0.4) is 0 Å². The van der Waals surface area contributed by atoms with Crippen LogP contribution in [-0.4, -0.2) is 51.3 Å². The van der Waals surface area contributed by atoms with Gasteiger partial charge >= 0.3 is 0 Å². The Kier molecular flexibility index (Phi) is 7.30. The van der Waals surface area contributed by atoms with E-state index in [2.05, 4.69) is 53.6 Å². The van der Waals surface area contributed by atoms with Crippen molar-refractivity contribution in [2.75, 3.05) is 51.0 Å². The lowest BCUT2D eigenvalue weighted by Crippen LogP contribution is -2.35. The van der Waals surface area contributed by atoms with Gasteiger partial charge in [-0.25, -0.2) is 0 Å². The Bertz CT molecular complexity index is 340. The zero-order valence-corrected chi connectivity index (χ0v) is 12.6. The van der Waals surface area contributed by atoms with Gasteiger partial charge in [-0.1, -0.05) is 6.92 Å². The second-order valence-electron chi connectivity index (χ2n) is 4.69. The monoisotopic (exact) mass is 265 g/mol. The van der Waals surface area contributed by atoms with E-state index in [9.17, 15) is 0 Å². The molecule has 1 rings (SSSR count). The van der Waals surface area contributed by atoms with Crippen molar-refractivity contribution in [1.29, 1.82) is 0 Å². The third kappa shape index (κ3) is 5.94. The Morgan fingerprint density at radius 1 is 1.21 bits per heavy atom. The first-order valence-corrected chi connectivity index (χ1v) is 6.96. The van der Waals surface area contributed by atoms with Crippen molar-refractivity contribution >= 4 is 11.4 Å². The zero-order chi connectivity index (χ0) is 14.1. The first-order valence-electron chi connectivity index (χ1n) is 6.96. The molecule has 0 aliphatic carbocycles. The lowest BCUT2D eigenvalue weighted by Gasteiger charge is -2.23. The van der Waals surface area contributed by atoms with Crippen molar-refractivity contribution in [3.63, 3.8) is 0 Å². The summed E-state index contributed by atoms with van der Waals surface area (Å²) in [5, 5.41) is 6.56. The second-order valence-corrected chi connectivity index (χ2v) is 4.69. The molecule has 108 valence electrons. The molecule has 4 heteroatoms. The number of anilines is 2. The van der Waals surface area contributed by atoms with Crippen LogP contribution in [-0.2, 0) is 4.74 Å². The molecule has 0 aliphatic rings. The van der Waals surface area contributed by atoms with Crippen molar-refractivity contribution in [2.24, 2.45) is 0 Å². The van der Waals surface area contributed by atoms with E-state index in [-0.39, 0.29) is 6.10 Å². The van der Waals surface area contributed by atoms with Gasteiger partial charge in [0.1, 0.15) is 0 Å². The average molecular weight is 265 g/mol. The molecule has 0 fully saturated rings. The number of nitrogens with one attached hydrogen (secondary N) is 2. The predicted octanol–water partition coefficient (Wildman–Crippen LogP) is 2.50. The minimum absolute atomic E-state index is 0.287. The SMILES string of the molecule is CCN(CCNc1ccc(NC)cc1)CC(C)OC. The Hall–Kier alpha value is -1.26. The second kappa shape index (κ2) is 8.77. The smallest absolute Gasteiger partial charge is 0.0670 e. The Morgan fingerprint density at radius 2 is 1.84 bits per heavy atom. The van der Waals surface area contributed by atoms with E-state index in [1.807, 2.05) is 7.05 Å². The molecule has 0 radical (unpaired) electrons. The normalized spacial score (nSPS) is 12.5. The van der Waals surface area contributed by atoms with Crippen LogP contribution in [0.15, 0.2) is 24.3 Å². The van der Waals surface area contributed by atoms with Gasteiger partial charge in [0.2, 0.25) is 0 Å². The van der Waals surface area contributed by atoms with E-state index in [1.54, 1.807) is 7.11 Å². The maximum absolute atomic E-state index is 5.30. The third-order valence-electron chi connectivity index (χ3n) is 3.30. The number of ether oxygens (including phenoxy) is 1. The van der Waals surface area contributed by atoms with Crippen LogP contribution in [0.4, 0.5) is 11.4 Å². The molecule has 1 atom stereocenters. The minimum Gasteiger partial charge on any atom is -0.388 e. The van der Waals surface area contributed by atoms with Crippen molar-refractivity contribution < 1.29 is 4.74 Å². The van der Waals surface area contributed by atoms with E-state index in [0.717, 1.165) is 37.6 Å². The molecule has 0 aliphatic heterocycles. The molecule has 2 N–H and O–H groups in total. The number of nitrogens with zero attached hydrogens (tertiary/aromatic N) is 1. The molecule has 0 spiro atoms. The van der Waals surface area contributed by atoms with Crippen LogP contribution in [0.2, 0.25) is 0 Å². The van der Waals surface area contributed by atoms with Gasteiger partial charge in [0.15, 0.2) is 0 Å². The topological polar surface area (TPSA) is 36.5 Å². The summed E-state index contributed by atoms with van der Waals surface area (Å²) < 4.78 is 5.30. The highest BCUT2D eigenvalue weighted by Crippen LogP contribution is 2.12. The van der Waals surface area contributed by atoms with Crippen molar-refractivity contribution in [2.45, 2.75) is 20.0 Å². The standard InChI is InChI=1S/C15H27N3O/c1-5-18(12-13(2)19-4)11-10-17-15-8-6-14(16-3)7-9-15/h6-9,13,16-17H,5,10-12H2,1-4H3. The van der Waals surface area contributed by atoms with Crippen LogP contribution < -0.4 is 10.6 Å². The van der Waals surface area contributed by atoms with E-state index in [4.69, 9.17) is 4.74 Å². The van der Waals surface area contributed by atoms with E-state index >= 15 is 0 Å². The van der Waals surface area contributed by atoms with Crippen LogP contribution in [0.25, 0.3) is 0 Å². The molecule has 0 aromatic heterocycles. The maximum atomic E-state index is 5.30. The molecule has 0 heterocycles. The van der Waals surface area contributed by atoms with Gasteiger partial charge in [-0.15, -0.1) is 0 Å². The fourth-order valence-electron chi connectivity index (χ4n) is 1.93. The molecule has 1 aromatic carbocycles. The van der Waals surface area contributed by atoms with Gasteiger partial charge in [-0.05, 0) is 37.7 Å². The van der Waals surface area contributed by atoms with Gasteiger partial charge < -0.3 is 15.4 Å². The summed E-state index contributed by atoms with van der Waals surface area (Å²) in [6.07, 6.45) is 0.287. The molecule has 4 nitrogen and oxygen atoms in total. The molecule has 0 saturated carbocycles. The van der Waals surface area contributed by atoms with Crippen LogP contribution in [0.1, 0.15) is 13.8 Å². The third-order valence-corrected chi connectivity index (χ3v) is 3.30. The zero-order valence-electron chi connectivity index (χ0n) is 12.6. The highest BCUT2D eigenvalue weighted by molar-refractivity contribution is 5.53. The Morgan fingerprint density at radius 3 is 2.37 bits per heavy atom. The molecular weight excluding hydrogens is 238 g/mol. The van der Waals surface area contributed by atoms with Crippen LogP contribution in [0, 0.1) is 0 Å². The summed E-state index contributed by atoms with van der Waals surface area (Å²) in [5.41, 5.74) is 2.30. The molecule has 19 heavy (non-hydrogen) atoms. The number of hydrogen-bond donors (Lipinski definition) is 2. The van der Waals surface area contributed by atoms with Crippen molar-refractivity contribution in [3.05, 3.63) is 24.3 Å².